The van der Waals surface area contributed by atoms with Gasteiger partial charge in [0, 0.05) is 24.3 Å². The van der Waals surface area contributed by atoms with E-state index >= 15 is 0 Å². The van der Waals surface area contributed by atoms with Gasteiger partial charge in [-0.25, -0.2) is 4.39 Å². The van der Waals surface area contributed by atoms with Gasteiger partial charge in [-0.2, -0.15) is 0 Å². The van der Waals surface area contributed by atoms with Crippen molar-refractivity contribution in [3.05, 3.63) is 35.6 Å². The van der Waals surface area contributed by atoms with E-state index < -0.39 is 6.10 Å². The lowest BCUT2D eigenvalue weighted by molar-refractivity contribution is -0.0172. The maximum absolute atomic E-state index is 13.9. The zero-order valence-corrected chi connectivity index (χ0v) is 12.8. The molecule has 1 heterocycles. The van der Waals surface area contributed by atoms with Crippen LogP contribution in [-0.4, -0.2) is 43.7 Å². The molecule has 0 radical (unpaired) electrons. The van der Waals surface area contributed by atoms with E-state index in [1.807, 2.05) is 12.1 Å². The molecule has 1 saturated carbocycles. The highest BCUT2D eigenvalue weighted by Gasteiger charge is 2.45. The summed E-state index contributed by atoms with van der Waals surface area (Å²) in [7, 11) is 0. The molecule has 22 heavy (non-hydrogen) atoms. The summed E-state index contributed by atoms with van der Waals surface area (Å²) in [6.45, 7) is 2.03. The Morgan fingerprint density at radius 1 is 1.41 bits per heavy atom. The smallest absolute Gasteiger partial charge is 0.128 e. The van der Waals surface area contributed by atoms with E-state index in [4.69, 9.17) is 9.47 Å². The molecule has 122 valence electrons. The number of ether oxygens (including phenoxy) is 2. The molecule has 1 aliphatic carbocycles. The first-order valence-corrected chi connectivity index (χ1v) is 8.07. The summed E-state index contributed by atoms with van der Waals surface area (Å²) in [4.78, 5) is 0. The fourth-order valence-corrected chi connectivity index (χ4v) is 3.00. The molecule has 0 amide bonds. The fraction of sp³-hybridized carbons (Fsp3) is 0.647. The van der Waals surface area contributed by atoms with Crippen LogP contribution in [0.25, 0.3) is 0 Å². The number of halogens is 1. The van der Waals surface area contributed by atoms with Crippen LogP contribution in [-0.2, 0) is 15.0 Å². The Balaban J connectivity index is 1.41. The highest BCUT2D eigenvalue weighted by molar-refractivity contribution is 5.31. The molecule has 0 aromatic heterocycles. The van der Waals surface area contributed by atoms with Crippen LogP contribution in [0.3, 0.4) is 0 Å². The van der Waals surface area contributed by atoms with Gasteiger partial charge in [-0.15, -0.1) is 0 Å². The van der Waals surface area contributed by atoms with E-state index in [9.17, 15) is 9.50 Å². The van der Waals surface area contributed by atoms with E-state index in [0.717, 1.165) is 32.3 Å². The van der Waals surface area contributed by atoms with E-state index in [1.54, 1.807) is 6.07 Å². The van der Waals surface area contributed by atoms with Crippen molar-refractivity contribution >= 4 is 0 Å². The van der Waals surface area contributed by atoms with Crippen molar-refractivity contribution in [3.63, 3.8) is 0 Å². The van der Waals surface area contributed by atoms with Crippen LogP contribution in [0.5, 0.6) is 0 Å². The van der Waals surface area contributed by atoms with Gasteiger partial charge >= 0.3 is 0 Å². The Labute approximate surface area is 130 Å². The molecule has 3 rings (SSSR count). The zero-order valence-electron chi connectivity index (χ0n) is 12.8. The first-order valence-electron chi connectivity index (χ1n) is 8.07. The average Bonchev–Trinajstić information content (AvgIpc) is 3.13. The van der Waals surface area contributed by atoms with Gasteiger partial charge in [0.15, 0.2) is 0 Å². The summed E-state index contributed by atoms with van der Waals surface area (Å²) in [5.41, 5.74) is 0.392. The number of rotatable bonds is 8. The predicted octanol–water partition coefficient (Wildman–Crippen LogP) is 1.96. The Bertz CT molecular complexity index is 487. The van der Waals surface area contributed by atoms with Gasteiger partial charge in [0.1, 0.15) is 5.82 Å². The normalized spacial score (nSPS) is 24.4. The molecular formula is C17H24FNO3. The fourth-order valence-electron chi connectivity index (χ4n) is 3.00. The lowest BCUT2D eigenvalue weighted by Gasteiger charge is -2.21. The molecule has 2 N–H and O–H groups in total. The summed E-state index contributed by atoms with van der Waals surface area (Å²) in [5.74, 6) is -0.184. The van der Waals surface area contributed by atoms with Crippen LogP contribution < -0.4 is 5.32 Å². The SMILES string of the molecule is OC(CNC1(c2ccccc2F)CC1)COCC1CCCO1. The number of benzene rings is 1. The van der Waals surface area contributed by atoms with Crippen LogP contribution in [0.2, 0.25) is 0 Å². The van der Waals surface area contributed by atoms with Crippen molar-refractivity contribution in [2.75, 3.05) is 26.4 Å². The summed E-state index contributed by atoms with van der Waals surface area (Å²) in [6, 6.07) is 6.85. The summed E-state index contributed by atoms with van der Waals surface area (Å²) in [5, 5.41) is 13.3. The third kappa shape index (κ3) is 3.84. The number of aliphatic hydroxyl groups excluding tert-OH is 1. The summed E-state index contributed by atoms with van der Waals surface area (Å²) < 4.78 is 24.9. The number of nitrogens with one attached hydrogen (secondary N) is 1. The molecule has 1 aromatic carbocycles. The number of hydrogen-bond acceptors (Lipinski definition) is 4. The third-order valence-corrected chi connectivity index (χ3v) is 4.45. The van der Waals surface area contributed by atoms with Crippen molar-refractivity contribution in [2.45, 2.75) is 43.4 Å². The molecule has 0 spiro atoms. The lowest BCUT2D eigenvalue weighted by Crippen LogP contribution is -2.38. The van der Waals surface area contributed by atoms with Crippen LogP contribution in [0.4, 0.5) is 4.39 Å². The van der Waals surface area contributed by atoms with Crippen LogP contribution in [0, 0.1) is 5.82 Å². The first-order chi connectivity index (χ1) is 10.7. The van der Waals surface area contributed by atoms with Crippen LogP contribution in [0.1, 0.15) is 31.2 Å². The monoisotopic (exact) mass is 309 g/mol. The predicted molar refractivity (Wildman–Crippen MR) is 81.1 cm³/mol. The summed E-state index contributed by atoms with van der Waals surface area (Å²) in [6.07, 6.45) is 3.50. The zero-order chi connectivity index (χ0) is 15.4. The van der Waals surface area contributed by atoms with Crippen molar-refractivity contribution in [1.82, 2.24) is 5.32 Å². The van der Waals surface area contributed by atoms with Gasteiger partial charge in [-0.3, -0.25) is 0 Å². The van der Waals surface area contributed by atoms with Gasteiger partial charge in [-0.05, 0) is 31.7 Å². The van der Waals surface area contributed by atoms with Crippen molar-refractivity contribution in [2.24, 2.45) is 0 Å². The standard InChI is InChI=1S/C17H24FNO3/c18-16-6-2-1-5-15(16)17(7-8-17)19-10-13(20)11-21-12-14-4-3-9-22-14/h1-2,5-6,13-14,19-20H,3-4,7-12H2. The van der Waals surface area contributed by atoms with Crippen LogP contribution in [0.15, 0.2) is 24.3 Å². The van der Waals surface area contributed by atoms with Gasteiger partial charge in [-0.1, -0.05) is 18.2 Å². The van der Waals surface area contributed by atoms with Gasteiger partial charge in [0.2, 0.25) is 0 Å². The first kappa shape index (κ1) is 15.9. The van der Waals surface area contributed by atoms with Crippen molar-refractivity contribution < 1.29 is 19.0 Å². The van der Waals surface area contributed by atoms with E-state index in [-0.39, 0.29) is 24.1 Å². The Morgan fingerprint density at radius 3 is 2.91 bits per heavy atom. The average molecular weight is 309 g/mol. The minimum atomic E-state index is -0.592. The largest absolute Gasteiger partial charge is 0.389 e. The molecule has 5 heteroatoms. The van der Waals surface area contributed by atoms with Gasteiger partial charge in [0.25, 0.3) is 0 Å². The Hall–Kier alpha value is -1.01. The molecule has 0 bridgehead atoms. The molecule has 2 atom stereocenters. The highest BCUT2D eigenvalue weighted by Crippen LogP contribution is 2.46. The lowest BCUT2D eigenvalue weighted by atomic mass is 10.0. The second-order valence-electron chi connectivity index (χ2n) is 6.27. The maximum Gasteiger partial charge on any atom is 0.128 e. The van der Waals surface area contributed by atoms with Crippen LogP contribution >= 0.6 is 0 Å². The number of aliphatic hydroxyl groups is 1. The molecule has 1 aromatic rings. The minimum absolute atomic E-state index is 0.174. The van der Waals surface area contributed by atoms with E-state index in [2.05, 4.69) is 5.32 Å². The Morgan fingerprint density at radius 2 is 2.23 bits per heavy atom. The number of hydrogen-bond donors (Lipinski definition) is 2. The van der Waals surface area contributed by atoms with Crippen molar-refractivity contribution in [3.8, 4) is 0 Å². The molecule has 1 saturated heterocycles. The molecule has 2 unspecified atom stereocenters. The summed E-state index contributed by atoms with van der Waals surface area (Å²) >= 11 is 0. The second-order valence-corrected chi connectivity index (χ2v) is 6.27. The maximum atomic E-state index is 13.9. The van der Waals surface area contributed by atoms with Crippen molar-refractivity contribution in [1.29, 1.82) is 0 Å². The van der Waals surface area contributed by atoms with Gasteiger partial charge < -0.3 is 19.9 Å². The molecule has 1 aliphatic heterocycles. The second kappa shape index (κ2) is 7.04. The third-order valence-electron chi connectivity index (χ3n) is 4.45. The molecule has 2 fully saturated rings. The van der Waals surface area contributed by atoms with Gasteiger partial charge in [0.05, 0.1) is 25.4 Å². The minimum Gasteiger partial charge on any atom is -0.389 e. The quantitative estimate of drug-likeness (QED) is 0.771. The highest BCUT2D eigenvalue weighted by atomic mass is 19.1. The van der Waals surface area contributed by atoms with E-state index in [1.165, 1.54) is 6.07 Å². The molecular weight excluding hydrogens is 285 g/mol. The topological polar surface area (TPSA) is 50.7 Å². The molecule has 4 nitrogen and oxygen atoms in total. The molecule has 2 aliphatic rings. The Kier molecular flexibility index (Phi) is 5.08. The van der Waals surface area contributed by atoms with E-state index in [0.29, 0.717) is 18.7 Å².